The number of benzene rings is 3. The maximum Gasteiger partial charge on any atom is 0.241 e. The molecule has 0 spiro atoms. The van der Waals surface area contributed by atoms with E-state index in [1.807, 2.05) is 6.08 Å². The summed E-state index contributed by atoms with van der Waals surface area (Å²) in [6.45, 7) is 1.84. The fraction of sp³-hybridized carbons (Fsp3) is 0.333. The van der Waals surface area contributed by atoms with Crippen LogP contribution in [0.4, 0.5) is 10.1 Å². The van der Waals surface area contributed by atoms with E-state index in [4.69, 9.17) is 16.3 Å². The van der Waals surface area contributed by atoms with Gasteiger partial charge in [-0.2, -0.15) is 0 Å². The first-order chi connectivity index (χ1) is 22.9. The number of amides is 4. The van der Waals surface area contributed by atoms with Gasteiger partial charge in [-0.25, -0.2) is 9.29 Å². The van der Waals surface area contributed by atoms with Gasteiger partial charge >= 0.3 is 0 Å². The molecule has 248 valence electrons. The Morgan fingerprint density at radius 3 is 2.42 bits per heavy atom. The van der Waals surface area contributed by atoms with Crippen LogP contribution in [0.25, 0.3) is 0 Å². The number of aromatic hydroxyl groups is 2. The molecule has 0 radical (unpaired) electrons. The quantitative estimate of drug-likeness (QED) is 0.230. The van der Waals surface area contributed by atoms with Crippen LogP contribution < -0.4 is 9.64 Å². The maximum atomic E-state index is 14.6. The molecule has 3 fully saturated rings. The molecule has 2 heterocycles. The number of hydrogen-bond donors (Lipinski definition) is 2. The summed E-state index contributed by atoms with van der Waals surface area (Å²) in [5.74, 6) is -6.14. The number of hydrogen-bond acceptors (Lipinski definition) is 7. The lowest BCUT2D eigenvalue weighted by atomic mass is 9.51. The Bertz CT molecular complexity index is 1930. The van der Waals surface area contributed by atoms with Crippen molar-refractivity contribution in [1.29, 1.82) is 0 Å². The third-order valence-electron chi connectivity index (χ3n) is 10.7. The Morgan fingerprint density at radius 1 is 1.00 bits per heavy atom. The van der Waals surface area contributed by atoms with E-state index < -0.39 is 52.6 Å². The van der Waals surface area contributed by atoms with Crippen molar-refractivity contribution < 1.29 is 38.5 Å². The van der Waals surface area contributed by atoms with Crippen molar-refractivity contribution in [1.82, 2.24) is 4.90 Å². The number of nitrogens with zero attached hydrogens (tertiary/aromatic N) is 2. The van der Waals surface area contributed by atoms with Crippen LogP contribution in [0.3, 0.4) is 0 Å². The summed E-state index contributed by atoms with van der Waals surface area (Å²) in [6, 6.07) is 13.5. The molecule has 6 atom stereocenters. The van der Waals surface area contributed by atoms with Crippen molar-refractivity contribution in [3.8, 4) is 17.2 Å². The topological polar surface area (TPSA) is 124 Å². The summed E-state index contributed by atoms with van der Waals surface area (Å²) >= 11 is 9.57. The van der Waals surface area contributed by atoms with E-state index in [1.165, 1.54) is 24.1 Å². The first-order valence-electron chi connectivity index (χ1n) is 15.6. The number of carbonyl (C=O) groups is 4. The first kappa shape index (κ1) is 32.3. The number of carbonyl (C=O) groups excluding carboxylic acids is 4. The fourth-order valence-corrected chi connectivity index (χ4v) is 9.02. The highest BCUT2D eigenvalue weighted by Crippen LogP contribution is 2.65. The van der Waals surface area contributed by atoms with Gasteiger partial charge in [-0.1, -0.05) is 51.3 Å². The number of phenolic OH excluding ortho intramolecular Hbond substituents is 2. The number of phenols is 2. The smallest absolute Gasteiger partial charge is 0.241 e. The van der Waals surface area contributed by atoms with Crippen LogP contribution in [0.1, 0.15) is 36.8 Å². The second-order valence-corrected chi connectivity index (χ2v) is 14.4. The summed E-state index contributed by atoms with van der Waals surface area (Å²) in [4.78, 5) is 59.1. The predicted octanol–water partition coefficient (Wildman–Crippen LogP) is 6.13. The minimum atomic E-state index is -1.43. The molecule has 4 aliphatic rings. The van der Waals surface area contributed by atoms with Crippen molar-refractivity contribution >= 4 is 56.8 Å². The van der Waals surface area contributed by atoms with Crippen molar-refractivity contribution in [3.05, 3.63) is 92.7 Å². The van der Waals surface area contributed by atoms with Gasteiger partial charge in [0.05, 0.1) is 41.0 Å². The highest BCUT2D eigenvalue weighted by Gasteiger charge is 2.68. The number of methoxy groups -OCH3 is 1. The van der Waals surface area contributed by atoms with Gasteiger partial charge in [0.15, 0.2) is 11.5 Å². The van der Waals surface area contributed by atoms with E-state index in [2.05, 4.69) is 15.9 Å². The molecule has 7 rings (SSSR count). The minimum absolute atomic E-state index is 0.115. The van der Waals surface area contributed by atoms with Crippen LogP contribution >= 0.6 is 27.5 Å². The van der Waals surface area contributed by atoms with Crippen LogP contribution in [0, 0.1) is 34.9 Å². The molecule has 2 saturated heterocycles. The summed E-state index contributed by atoms with van der Waals surface area (Å²) in [7, 11) is 1.41. The molecule has 0 bridgehead atoms. The molecular formula is C36H31BrClFN2O7. The molecule has 12 heteroatoms. The van der Waals surface area contributed by atoms with Gasteiger partial charge < -0.3 is 14.9 Å². The van der Waals surface area contributed by atoms with E-state index in [-0.39, 0.29) is 59.2 Å². The second-order valence-electron chi connectivity index (χ2n) is 13.1. The number of halogens is 3. The van der Waals surface area contributed by atoms with Gasteiger partial charge in [-0.05, 0) is 80.1 Å². The highest BCUT2D eigenvalue weighted by molar-refractivity contribution is 9.10. The summed E-state index contributed by atoms with van der Waals surface area (Å²) in [5.41, 5.74) is 0.576. The highest BCUT2D eigenvalue weighted by atomic mass is 79.9. The molecule has 2 aliphatic heterocycles. The van der Waals surface area contributed by atoms with Gasteiger partial charge in [0.25, 0.3) is 0 Å². The van der Waals surface area contributed by atoms with Gasteiger partial charge in [0.2, 0.25) is 23.6 Å². The summed E-state index contributed by atoms with van der Waals surface area (Å²) in [6.07, 6.45) is 2.67. The van der Waals surface area contributed by atoms with E-state index in [0.29, 0.717) is 22.0 Å². The van der Waals surface area contributed by atoms with Crippen LogP contribution in [0.2, 0.25) is 5.02 Å². The number of allylic oxidation sites excluding steroid dienone is 2. The molecule has 48 heavy (non-hydrogen) atoms. The van der Waals surface area contributed by atoms with Crippen LogP contribution in [0.5, 0.6) is 17.2 Å². The number of likely N-dealkylation sites (tertiary alicyclic amines) is 1. The number of anilines is 1. The minimum Gasteiger partial charge on any atom is -0.508 e. The largest absolute Gasteiger partial charge is 0.508 e. The van der Waals surface area contributed by atoms with Crippen molar-refractivity contribution in [2.24, 2.45) is 29.1 Å². The molecule has 4 amide bonds. The normalized spacial score (nSPS) is 27.9. The van der Waals surface area contributed by atoms with Crippen molar-refractivity contribution in [2.45, 2.75) is 32.1 Å². The maximum absolute atomic E-state index is 14.6. The molecular weight excluding hydrogens is 707 g/mol. The summed E-state index contributed by atoms with van der Waals surface area (Å²) < 4.78 is 20.2. The number of fused-ring (bicyclic) bond motifs is 4. The zero-order valence-electron chi connectivity index (χ0n) is 26.0. The zero-order valence-corrected chi connectivity index (χ0v) is 28.3. The van der Waals surface area contributed by atoms with Crippen molar-refractivity contribution in [2.75, 3.05) is 18.6 Å². The number of ether oxygens (including phenoxy) is 1. The lowest BCUT2D eigenvalue weighted by Crippen LogP contribution is -2.49. The van der Waals surface area contributed by atoms with Gasteiger partial charge in [-0.3, -0.25) is 24.1 Å². The SMILES string of the molecule is COc1cc(Br)cc(C2C3=CCC4C(=O)N(CCc5ccc(O)cc5)C(=O)C4C3CC3C(=O)N(c4ccc(F)c(Cl)c4)C(=O)C32C)c1O. The molecule has 3 aromatic carbocycles. The lowest BCUT2D eigenvalue weighted by Gasteiger charge is -2.49. The van der Waals surface area contributed by atoms with E-state index >= 15 is 0 Å². The lowest BCUT2D eigenvalue weighted by molar-refractivity contribution is -0.140. The number of rotatable bonds is 6. The Kier molecular flexibility index (Phi) is 7.90. The first-order valence-corrected chi connectivity index (χ1v) is 16.8. The Labute approximate surface area is 289 Å². The molecule has 0 aromatic heterocycles. The third-order valence-corrected chi connectivity index (χ3v) is 11.4. The van der Waals surface area contributed by atoms with Crippen LogP contribution in [-0.2, 0) is 25.6 Å². The average Bonchev–Trinajstić information content (AvgIpc) is 3.42. The van der Waals surface area contributed by atoms with Crippen LogP contribution in [-0.4, -0.2) is 52.4 Å². The van der Waals surface area contributed by atoms with Gasteiger partial charge in [-0.15, -0.1) is 0 Å². The van der Waals surface area contributed by atoms with Crippen LogP contribution in [0.15, 0.2) is 70.7 Å². The van der Waals surface area contributed by atoms with E-state index in [9.17, 15) is 33.8 Å². The second kappa shape index (κ2) is 11.7. The molecule has 1 saturated carbocycles. The van der Waals surface area contributed by atoms with Crippen molar-refractivity contribution in [3.63, 3.8) is 0 Å². The molecule has 2 N–H and O–H groups in total. The van der Waals surface area contributed by atoms with E-state index in [1.54, 1.807) is 43.3 Å². The summed E-state index contributed by atoms with van der Waals surface area (Å²) in [5, 5.41) is 20.9. The predicted molar refractivity (Wildman–Crippen MR) is 177 cm³/mol. The Balaban J connectivity index is 1.32. The molecule has 3 aromatic rings. The molecule has 9 nitrogen and oxygen atoms in total. The third kappa shape index (κ3) is 4.76. The average molecular weight is 738 g/mol. The zero-order chi connectivity index (χ0) is 34.2. The van der Waals surface area contributed by atoms with E-state index in [0.717, 1.165) is 16.5 Å². The Hall–Kier alpha value is -4.22. The fourth-order valence-electron chi connectivity index (χ4n) is 8.39. The Morgan fingerprint density at radius 2 is 1.73 bits per heavy atom. The molecule has 2 aliphatic carbocycles. The van der Waals surface area contributed by atoms with Gasteiger partial charge in [0.1, 0.15) is 11.6 Å². The number of imide groups is 2. The van der Waals surface area contributed by atoms with Gasteiger partial charge in [0, 0.05) is 22.5 Å². The molecule has 6 unspecified atom stereocenters. The monoisotopic (exact) mass is 736 g/mol. The standard InChI is InChI=1S/C36H31BrClFN2O7/c1-36-25(33(45)41(35(36)47)19-5-10-27(39)26(38)15-19)16-23-21(30(36)24-13-18(37)14-28(48-2)31(24)43)8-9-22-29(23)34(46)40(32(22)44)12-11-17-3-6-20(42)7-4-17/h3-8,10,13-15,22-23,25,29-30,42-43H,9,11-12,16H2,1-2H3.